The number of rotatable bonds is 3. The summed E-state index contributed by atoms with van der Waals surface area (Å²) >= 11 is 10.1. The van der Waals surface area contributed by atoms with Crippen LogP contribution in [0.4, 0.5) is 0 Å². The van der Waals surface area contributed by atoms with Crippen molar-refractivity contribution in [3.8, 4) is 0 Å². The van der Waals surface area contributed by atoms with Gasteiger partial charge in [0.25, 0.3) is 5.02 Å². The maximum absolute atomic E-state index is 10.3. The van der Waals surface area contributed by atoms with Crippen molar-refractivity contribution in [1.82, 2.24) is 6.15 Å². The predicted molar refractivity (Wildman–Crippen MR) is 38.3 cm³/mol. The van der Waals surface area contributed by atoms with E-state index in [2.05, 4.69) is 4.74 Å². The molecule has 0 aromatic rings. The van der Waals surface area contributed by atoms with Gasteiger partial charge in [-0.15, -0.1) is 0 Å². The Morgan fingerprint density at radius 2 is 2.10 bits per heavy atom. The van der Waals surface area contributed by atoms with Crippen molar-refractivity contribution in [1.29, 1.82) is 0 Å². The lowest BCUT2D eigenvalue weighted by Crippen LogP contribution is -2.08. The highest BCUT2D eigenvalue weighted by atomic mass is 35.5. The van der Waals surface area contributed by atoms with Crippen molar-refractivity contribution in [2.24, 2.45) is 0 Å². The first-order valence-corrected chi connectivity index (χ1v) is 3.12. The average molecular weight is 190 g/mol. The number of hydrogen-bond donors (Lipinski definition) is 2. The van der Waals surface area contributed by atoms with Crippen LogP contribution >= 0.6 is 23.2 Å². The molecule has 0 bridgehead atoms. The summed E-state index contributed by atoms with van der Waals surface area (Å²) in [5.41, 5.74) is 0. The summed E-state index contributed by atoms with van der Waals surface area (Å²) in [7, 11) is 0. The lowest BCUT2D eigenvalue weighted by molar-refractivity contribution is -0.143. The number of hydrogen-bond acceptors (Lipinski definition) is 4. The first-order chi connectivity index (χ1) is 4.16. The fourth-order valence-electron chi connectivity index (χ4n) is 0.250. The van der Waals surface area contributed by atoms with E-state index >= 15 is 0 Å². The number of aliphatic hydroxyl groups excluding tert-OH is 1. The Morgan fingerprint density at radius 1 is 1.60 bits per heavy atom. The summed E-state index contributed by atoms with van der Waals surface area (Å²) in [5, 5.41) is 7.03. The summed E-state index contributed by atoms with van der Waals surface area (Å²) in [4.78, 5) is 10.3. The fourth-order valence-corrected chi connectivity index (χ4v) is 0.448. The molecule has 0 spiro atoms. The van der Waals surface area contributed by atoms with E-state index in [0.29, 0.717) is 0 Å². The molecule has 0 aromatic carbocycles. The van der Waals surface area contributed by atoms with E-state index in [9.17, 15) is 4.79 Å². The molecule has 62 valence electrons. The molecule has 0 heterocycles. The topological polar surface area (TPSA) is 81.5 Å². The molecule has 10 heavy (non-hydrogen) atoms. The van der Waals surface area contributed by atoms with E-state index in [-0.39, 0.29) is 19.2 Å². The summed E-state index contributed by atoms with van der Waals surface area (Å²) in [6.45, 7) is -0.251. The molecule has 6 heteroatoms. The lowest BCUT2D eigenvalue weighted by atomic mass is 10.5. The van der Waals surface area contributed by atoms with E-state index in [1.807, 2.05) is 0 Å². The summed E-state index contributed by atoms with van der Waals surface area (Å²) in [5.74, 6) is -0.604. The van der Waals surface area contributed by atoms with Crippen molar-refractivity contribution >= 4 is 29.2 Å². The van der Waals surface area contributed by atoms with Crippen LogP contribution in [0, 0.1) is 0 Å². The molecule has 0 aliphatic carbocycles. The molecule has 0 atom stereocenters. The predicted octanol–water partition coefficient (Wildman–Crippen LogP) is 0.835. The number of aliphatic hydroxyl groups is 1. The van der Waals surface area contributed by atoms with Crippen molar-refractivity contribution in [2.45, 2.75) is 11.4 Å². The minimum absolute atomic E-state index is 0. The Kier molecular flexibility index (Phi) is 8.94. The Bertz CT molecular complexity index is 98.5. The Balaban J connectivity index is 0. The van der Waals surface area contributed by atoms with Crippen LogP contribution in [0.1, 0.15) is 6.42 Å². The van der Waals surface area contributed by atoms with Crippen molar-refractivity contribution < 1.29 is 14.6 Å². The van der Waals surface area contributed by atoms with E-state index in [1.54, 1.807) is 0 Å². The molecule has 0 aliphatic heterocycles. The van der Waals surface area contributed by atoms with E-state index < -0.39 is 11.0 Å². The SMILES string of the molecule is N.O=C(CCO)OC(Cl)Cl. The third-order valence-electron chi connectivity index (χ3n) is 0.536. The third kappa shape index (κ3) is 7.97. The molecule has 0 unspecified atom stereocenters. The fraction of sp³-hybridized carbons (Fsp3) is 0.750. The summed E-state index contributed by atoms with van der Waals surface area (Å²) in [6, 6.07) is 0. The molecule has 0 aromatic heterocycles. The highest BCUT2D eigenvalue weighted by Crippen LogP contribution is 2.03. The van der Waals surface area contributed by atoms with Gasteiger partial charge in [0.1, 0.15) is 0 Å². The van der Waals surface area contributed by atoms with Crippen molar-refractivity contribution in [2.75, 3.05) is 6.61 Å². The molecule has 4 N–H and O–H groups in total. The highest BCUT2D eigenvalue weighted by Gasteiger charge is 2.05. The standard InChI is InChI=1S/C4H6Cl2O3.H3N/c5-4(6)9-3(8)1-2-7;/h4,7H,1-2H2;1H3. The number of ether oxygens (including phenoxy) is 1. The first-order valence-electron chi connectivity index (χ1n) is 2.25. The second-order valence-corrected chi connectivity index (χ2v) is 2.24. The van der Waals surface area contributed by atoms with Gasteiger partial charge in [-0.25, -0.2) is 0 Å². The number of esters is 1. The number of carbonyl (C=O) groups excluding carboxylic acids is 1. The Morgan fingerprint density at radius 3 is 2.40 bits per heavy atom. The molecule has 0 rings (SSSR count). The zero-order valence-corrected chi connectivity index (χ0v) is 6.73. The van der Waals surface area contributed by atoms with Gasteiger partial charge in [-0.1, -0.05) is 23.2 Å². The van der Waals surface area contributed by atoms with Crippen LogP contribution in [0.25, 0.3) is 0 Å². The zero-order valence-electron chi connectivity index (χ0n) is 5.22. The van der Waals surface area contributed by atoms with E-state index in [4.69, 9.17) is 28.3 Å². The van der Waals surface area contributed by atoms with Gasteiger partial charge in [0, 0.05) is 0 Å². The van der Waals surface area contributed by atoms with Crippen LogP contribution in [-0.2, 0) is 9.53 Å². The minimum atomic E-state index is -1.14. The molecular weight excluding hydrogens is 181 g/mol. The Labute approximate surface area is 68.6 Å². The van der Waals surface area contributed by atoms with E-state index in [0.717, 1.165) is 0 Å². The van der Waals surface area contributed by atoms with Crippen LogP contribution in [0.5, 0.6) is 0 Å². The van der Waals surface area contributed by atoms with Gasteiger partial charge < -0.3 is 16.0 Å². The van der Waals surface area contributed by atoms with Crippen LogP contribution < -0.4 is 6.15 Å². The normalized spacial score (nSPS) is 8.80. The first kappa shape index (κ1) is 12.6. The quantitative estimate of drug-likeness (QED) is 0.510. The Hall–Kier alpha value is -0.0300. The van der Waals surface area contributed by atoms with Crippen LogP contribution in [-0.4, -0.2) is 22.7 Å². The molecule has 0 aliphatic rings. The monoisotopic (exact) mass is 189 g/mol. The second-order valence-electron chi connectivity index (χ2n) is 1.22. The van der Waals surface area contributed by atoms with Crippen molar-refractivity contribution in [3.63, 3.8) is 0 Å². The van der Waals surface area contributed by atoms with Gasteiger partial charge in [0.05, 0.1) is 13.0 Å². The summed E-state index contributed by atoms with van der Waals surface area (Å²) < 4.78 is 4.22. The summed E-state index contributed by atoms with van der Waals surface area (Å²) in [6.07, 6.45) is -0.0735. The van der Waals surface area contributed by atoms with Gasteiger partial charge in [-0.3, -0.25) is 4.79 Å². The molecule has 0 saturated heterocycles. The number of halogens is 2. The van der Waals surface area contributed by atoms with Gasteiger partial charge in [0.15, 0.2) is 0 Å². The maximum Gasteiger partial charge on any atom is 0.310 e. The molecule has 0 saturated carbocycles. The highest BCUT2D eigenvalue weighted by molar-refractivity contribution is 6.43. The van der Waals surface area contributed by atoms with Gasteiger partial charge in [-0.2, -0.15) is 0 Å². The number of alkyl halides is 2. The number of carbonyl (C=O) groups is 1. The van der Waals surface area contributed by atoms with Gasteiger partial charge in [-0.05, 0) is 0 Å². The van der Waals surface area contributed by atoms with E-state index in [1.165, 1.54) is 0 Å². The molecule has 0 amide bonds. The minimum Gasteiger partial charge on any atom is -0.431 e. The van der Waals surface area contributed by atoms with Crippen LogP contribution in [0.3, 0.4) is 0 Å². The lowest BCUT2D eigenvalue weighted by Gasteiger charge is -2.01. The van der Waals surface area contributed by atoms with Crippen LogP contribution in [0.15, 0.2) is 0 Å². The van der Waals surface area contributed by atoms with Crippen molar-refractivity contribution in [3.05, 3.63) is 0 Å². The third-order valence-corrected chi connectivity index (χ3v) is 0.715. The average Bonchev–Trinajstić information content (AvgIpc) is 1.63. The molecule has 4 nitrogen and oxygen atoms in total. The van der Waals surface area contributed by atoms with Gasteiger partial charge in [0.2, 0.25) is 0 Å². The molecule has 0 fully saturated rings. The van der Waals surface area contributed by atoms with Crippen LogP contribution in [0.2, 0.25) is 0 Å². The smallest absolute Gasteiger partial charge is 0.310 e. The zero-order chi connectivity index (χ0) is 7.28. The molecular formula is C4H9Cl2NO3. The van der Waals surface area contributed by atoms with Gasteiger partial charge >= 0.3 is 5.97 Å². The largest absolute Gasteiger partial charge is 0.431 e. The second kappa shape index (κ2) is 7.08. The molecule has 0 radical (unpaired) electrons. The maximum atomic E-state index is 10.3.